The van der Waals surface area contributed by atoms with Gasteiger partial charge in [0.25, 0.3) is 5.91 Å². The van der Waals surface area contributed by atoms with Gasteiger partial charge < -0.3 is 0 Å². The largest absolute Gasteiger partial charge is 0.286 e. The van der Waals surface area contributed by atoms with Crippen molar-refractivity contribution in [3.63, 3.8) is 0 Å². The molecule has 7 nitrogen and oxygen atoms in total. The molecule has 0 spiro atoms. The van der Waals surface area contributed by atoms with E-state index < -0.39 is 0 Å². The Morgan fingerprint density at radius 1 is 1.25 bits per heavy atom. The van der Waals surface area contributed by atoms with E-state index in [0.29, 0.717) is 10.8 Å². The van der Waals surface area contributed by atoms with E-state index in [4.69, 9.17) is 4.98 Å². The molecular formula is C16H16N6OS. The van der Waals surface area contributed by atoms with Crippen molar-refractivity contribution in [3.8, 4) is 11.3 Å². The van der Waals surface area contributed by atoms with Crippen LogP contribution in [0.15, 0.2) is 18.6 Å². The van der Waals surface area contributed by atoms with Crippen LogP contribution < -0.4 is 4.90 Å². The van der Waals surface area contributed by atoms with Crippen LogP contribution in [0.1, 0.15) is 26.8 Å². The van der Waals surface area contributed by atoms with Gasteiger partial charge in [-0.2, -0.15) is 5.10 Å². The maximum atomic E-state index is 12.6. The average molecular weight is 340 g/mol. The summed E-state index contributed by atoms with van der Waals surface area (Å²) in [5, 5.41) is 5.00. The fourth-order valence-corrected chi connectivity index (χ4v) is 3.85. The van der Waals surface area contributed by atoms with Crippen molar-refractivity contribution in [3.05, 3.63) is 40.5 Å². The van der Waals surface area contributed by atoms with E-state index in [1.54, 1.807) is 29.5 Å². The van der Waals surface area contributed by atoms with Gasteiger partial charge in [-0.05, 0) is 19.8 Å². The molecule has 0 aliphatic heterocycles. The highest BCUT2D eigenvalue weighted by molar-refractivity contribution is 7.16. The molecule has 0 fully saturated rings. The average Bonchev–Trinajstić information content (AvgIpc) is 3.18. The van der Waals surface area contributed by atoms with Crippen LogP contribution in [0.2, 0.25) is 0 Å². The zero-order valence-electron chi connectivity index (χ0n) is 13.6. The van der Waals surface area contributed by atoms with Gasteiger partial charge in [-0.15, -0.1) is 11.3 Å². The lowest BCUT2D eigenvalue weighted by molar-refractivity contribution is 0.0988. The van der Waals surface area contributed by atoms with Crippen molar-refractivity contribution in [2.75, 3.05) is 11.9 Å². The quantitative estimate of drug-likeness (QED) is 0.713. The summed E-state index contributed by atoms with van der Waals surface area (Å²) < 4.78 is 1.90. The third-order valence-corrected chi connectivity index (χ3v) is 5.37. The van der Waals surface area contributed by atoms with Crippen LogP contribution in [-0.2, 0) is 19.9 Å². The number of carbonyl (C=O) groups is 1. The van der Waals surface area contributed by atoms with Crippen LogP contribution in [0.3, 0.4) is 0 Å². The normalized spacial score (nSPS) is 12.6. The number of hydrogen-bond donors (Lipinski definition) is 0. The fourth-order valence-electron chi connectivity index (χ4n) is 2.81. The molecule has 8 heteroatoms. The first-order valence-corrected chi connectivity index (χ1v) is 8.44. The number of aromatic nitrogens is 5. The summed E-state index contributed by atoms with van der Waals surface area (Å²) in [5.74, 6) is -0.208. The summed E-state index contributed by atoms with van der Waals surface area (Å²) in [6.07, 6.45) is 6.81. The molecule has 3 aromatic rings. The summed E-state index contributed by atoms with van der Waals surface area (Å²) in [6, 6.07) is 0. The molecule has 1 aliphatic rings. The first-order chi connectivity index (χ1) is 11.5. The lowest BCUT2D eigenvalue weighted by Gasteiger charge is -2.12. The smallest absolute Gasteiger partial charge is 0.279 e. The summed E-state index contributed by atoms with van der Waals surface area (Å²) in [5.41, 5.74) is 4.30. The van der Waals surface area contributed by atoms with Gasteiger partial charge in [-0.3, -0.25) is 19.4 Å². The molecular weight excluding hydrogens is 324 g/mol. The second-order valence-corrected chi connectivity index (χ2v) is 6.87. The van der Waals surface area contributed by atoms with E-state index in [1.165, 1.54) is 16.8 Å². The first-order valence-electron chi connectivity index (χ1n) is 7.62. The van der Waals surface area contributed by atoms with Crippen molar-refractivity contribution in [2.45, 2.75) is 19.8 Å². The van der Waals surface area contributed by atoms with Crippen LogP contribution in [0.25, 0.3) is 11.3 Å². The number of hydrogen-bond acceptors (Lipinski definition) is 6. The van der Waals surface area contributed by atoms with Crippen LogP contribution >= 0.6 is 11.3 Å². The fraction of sp³-hybridized carbons (Fsp3) is 0.312. The maximum Gasteiger partial charge on any atom is 0.279 e. The molecule has 4 rings (SSSR count). The molecule has 122 valence electrons. The molecule has 24 heavy (non-hydrogen) atoms. The minimum Gasteiger partial charge on any atom is -0.286 e. The Hall–Kier alpha value is -2.61. The van der Waals surface area contributed by atoms with E-state index in [9.17, 15) is 4.79 Å². The zero-order chi connectivity index (χ0) is 16.8. The standard InChI is InChI=1S/C16H16N6OS/c1-9-6-18-11(8-17-9)15(23)21(2)16-20-14-10-7-19-22(3)12(10)4-5-13(14)24-16/h6-8H,4-5H2,1-3H3. The van der Waals surface area contributed by atoms with E-state index in [0.717, 1.165) is 29.8 Å². The molecule has 0 radical (unpaired) electrons. The highest BCUT2D eigenvalue weighted by Gasteiger charge is 2.26. The molecule has 1 amide bonds. The van der Waals surface area contributed by atoms with E-state index in [2.05, 4.69) is 15.1 Å². The Balaban J connectivity index is 1.67. The van der Waals surface area contributed by atoms with Crippen molar-refractivity contribution in [1.82, 2.24) is 24.7 Å². The van der Waals surface area contributed by atoms with Gasteiger partial charge >= 0.3 is 0 Å². The minimum atomic E-state index is -0.208. The second-order valence-electron chi connectivity index (χ2n) is 5.80. The summed E-state index contributed by atoms with van der Waals surface area (Å²) in [4.78, 5) is 28.3. The SMILES string of the molecule is Cc1cnc(C(=O)N(C)c2nc3c(s2)CCc2c-3cnn2C)cn1. The van der Waals surface area contributed by atoms with E-state index in [1.807, 2.05) is 24.9 Å². The monoisotopic (exact) mass is 340 g/mol. The highest BCUT2D eigenvalue weighted by atomic mass is 32.1. The zero-order valence-corrected chi connectivity index (χ0v) is 14.5. The van der Waals surface area contributed by atoms with Gasteiger partial charge in [-0.25, -0.2) is 9.97 Å². The summed E-state index contributed by atoms with van der Waals surface area (Å²) in [7, 11) is 3.67. The van der Waals surface area contributed by atoms with Gasteiger partial charge in [0.1, 0.15) is 5.69 Å². The number of anilines is 1. The van der Waals surface area contributed by atoms with Crippen LogP contribution in [0, 0.1) is 6.92 Å². The number of amides is 1. The van der Waals surface area contributed by atoms with Gasteiger partial charge in [0.2, 0.25) is 0 Å². The highest BCUT2D eigenvalue weighted by Crippen LogP contribution is 2.38. The number of carbonyl (C=O) groups excluding carboxylic acids is 1. The predicted molar refractivity (Wildman–Crippen MR) is 91.2 cm³/mol. The molecule has 0 bridgehead atoms. The van der Waals surface area contributed by atoms with E-state index in [-0.39, 0.29) is 5.91 Å². The Kier molecular flexibility index (Phi) is 3.42. The van der Waals surface area contributed by atoms with Crippen molar-refractivity contribution < 1.29 is 4.79 Å². The minimum absolute atomic E-state index is 0.208. The molecule has 3 aromatic heterocycles. The Morgan fingerprint density at radius 3 is 2.83 bits per heavy atom. The lowest BCUT2D eigenvalue weighted by Crippen LogP contribution is -2.27. The maximum absolute atomic E-state index is 12.6. The Bertz CT molecular complexity index is 927. The summed E-state index contributed by atoms with van der Waals surface area (Å²) in [6.45, 7) is 1.84. The van der Waals surface area contributed by atoms with Crippen LogP contribution in [0.4, 0.5) is 5.13 Å². The number of nitrogens with zero attached hydrogens (tertiary/aromatic N) is 6. The van der Waals surface area contributed by atoms with Crippen molar-refractivity contribution in [1.29, 1.82) is 0 Å². The Labute approximate surface area is 143 Å². The predicted octanol–water partition coefficient (Wildman–Crippen LogP) is 2.02. The first kappa shape index (κ1) is 14.9. The van der Waals surface area contributed by atoms with Gasteiger partial charge in [0.05, 0.1) is 23.8 Å². The molecule has 0 N–H and O–H groups in total. The van der Waals surface area contributed by atoms with E-state index >= 15 is 0 Å². The van der Waals surface area contributed by atoms with Crippen molar-refractivity contribution >= 4 is 22.4 Å². The van der Waals surface area contributed by atoms with Gasteiger partial charge in [0, 0.05) is 36.4 Å². The molecule has 0 aromatic carbocycles. The number of aryl methyl sites for hydroxylation is 3. The third kappa shape index (κ3) is 2.30. The molecule has 1 aliphatic carbocycles. The summed E-state index contributed by atoms with van der Waals surface area (Å²) >= 11 is 1.55. The van der Waals surface area contributed by atoms with Crippen molar-refractivity contribution in [2.24, 2.45) is 7.05 Å². The Morgan fingerprint density at radius 2 is 2.08 bits per heavy atom. The molecule has 3 heterocycles. The van der Waals surface area contributed by atoms with Crippen LogP contribution in [0.5, 0.6) is 0 Å². The molecule has 0 saturated heterocycles. The second kappa shape index (κ2) is 5.48. The topological polar surface area (TPSA) is 76.8 Å². The van der Waals surface area contributed by atoms with Gasteiger partial charge in [0.15, 0.2) is 5.13 Å². The lowest BCUT2D eigenvalue weighted by atomic mass is 10.0. The van der Waals surface area contributed by atoms with Gasteiger partial charge in [-0.1, -0.05) is 0 Å². The molecule has 0 saturated carbocycles. The number of fused-ring (bicyclic) bond motifs is 3. The molecule has 0 unspecified atom stereocenters. The van der Waals surface area contributed by atoms with Crippen LogP contribution in [-0.4, -0.2) is 37.7 Å². The molecule has 0 atom stereocenters. The number of thiazole rings is 1. The third-order valence-electron chi connectivity index (χ3n) is 4.18. The number of rotatable bonds is 2.